The van der Waals surface area contributed by atoms with E-state index in [-0.39, 0.29) is 11.8 Å². The van der Waals surface area contributed by atoms with Crippen molar-refractivity contribution in [1.82, 2.24) is 5.06 Å². The van der Waals surface area contributed by atoms with E-state index in [0.29, 0.717) is 12.3 Å². The number of para-hydroxylation sites is 2. The van der Waals surface area contributed by atoms with E-state index in [9.17, 15) is 9.59 Å². The van der Waals surface area contributed by atoms with E-state index < -0.39 is 0 Å². The van der Waals surface area contributed by atoms with Gasteiger partial charge in [0.05, 0.1) is 18.5 Å². The Kier molecular flexibility index (Phi) is 6.61. The van der Waals surface area contributed by atoms with Crippen LogP contribution in [0.1, 0.15) is 25.7 Å². The van der Waals surface area contributed by atoms with Gasteiger partial charge in [0.25, 0.3) is 0 Å². The van der Waals surface area contributed by atoms with Crippen molar-refractivity contribution in [2.75, 3.05) is 38.0 Å². The lowest BCUT2D eigenvalue weighted by Crippen LogP contribution is -2.36. The number of anilines is 2. The first kappa shape index (κ1) is 18.3. The van der Waals surface area contributed by atoms with E-state index >= 15 is 0 Å². The quantitative estimate of drug-likeness (QED) is 0.615. The van der Waals surface area contributed by atoms with Gasteiger partial charge in [-0.2, -0.15) is 0 Å². The number of nitrogens with one attached hydrogen (secondary N) is 1. The van der Waals surface area contributed by atoms with E-state index in [2.05, 4.69) is 10.2 Å². The molecule has 132 valence electrons. The number of nitrogens with zero attached hydrogens (tertiary/aromatic N) is 2. The van der Waals surface area contributed by atoms with Crippen molar-refractivity contribution in [3.63, 3.8) is 0 Å². The number of hydrogen-bond donors (Lipinski definition) is 1. The summed E-state index contributed by atoms with van der Waals surface area (Å²) < 4.78 is 0. The maximum atomic E-state index is 12.1. The summed E-state index contributed by atoms with van der Waals surface area (Å²) in [5, 5.41) is 4.08. The lowest BCUT2D eigenvalue weighted by atomic mass is 9.81. The minimum Gasteiger partial charge on any atom is -0.373 e. The van der Waals surface area contributed by atoms with Crippen LogP contribution in [0.2, 0.25) is 0 Å². The second-order valence-corrected chi connectivity index (χ2v) is 6.40. The number of amides is 2. The molecule has 0 bridgehead atoms. The minimum absolute atomic E-state index is 0.0699. The molecule has 1 N–H and O–H groups in total. The van der Waals surface area contributed by atoms with Crippen molar-refractivity contribution in [1.29, 1.82) is 0 Å². The van der Waals surface area contributed by atoms with Crippen molar-refractivity contribution in [3.8, 4) is 0 Å². The predicted octanol–water partition coefficient (Wildman–Crippen LogP) is 2.52. The van der Waals surface area contributed by atoms with Gasteiger partial charge in [0.1, 0.15) is 0 Å². The van der Waals surface area contributed by atoms with E-state index in [4.69, 9.17) is 4.84 Å². The highest BCUT2D eigenvalue weighted by molar-refractivity contribution is 5.81. The fourth-order valence-electron chi connectivity index (χ4n) is 3.42. The lowest BCUT2D eigenvalue weighted by molar-refractivity contribution is -0.174. The number of rotatable bonds is 7. The summed E-state index contributed by atoms with van der Waals surface area (Å²) in [6, 6.07) is 7.79. The summed E-state index contributed by atoms with van der Waals surface area (Å²) in [7, 11) is 5.23. The molecule has 1 aromatic rings. The van der Waals surface area contributed by atoms with Gasteiger partial charge in [0, 0.05) is 26.6 Å². The fourth-order valence-corrected chi connectivity index (χ4v) is 3.42. The Morgan fingerprint density at radius 2 is 1.92 bits per heavy atom. The summed E-state index contributed by atoms with van der Waals surface area (Å²) in [5.74, 6) is 0.696. The Morgan fingerprint density at radius 3 is 2.54 bits per heavy atom. The average molecular weight is 333 g/mol. The molecule has 0 unspecified atom stereocenters. The van der Waals surface area contributed by atoms with Crippen LogP contribution >= 0.6 is 0 Å². The molecule has 0 spiro atoms. The molecule has 0 saturated heterocycles. The van der Waals surface area contributed by atoms with Gasteiger partial charge >= 0.3 is 0 Å². The van der Waals surface area contributed by atoms with Crippen LogP contribution in [-0.4, -0.2) is 45.1 Å². The van der Waals surface area contributed by atoms with Crippen molar-refractivity contribution in [3.05, 3.63) is 24.3 Å². The van der Waals surface area contributed by atoms with Crippen molar-refractivity contribution in [2.45, 2.75) is 25.7 Å². The van der Waals surface area contributed by atoms with Crippen LogP contribution in [0.3, 0.4) is 0 Å². The second-order valence-electron chi connectivity index (χ2n) is 6.40. The third kappa shape index (κ3) is 4.47. The minimum atomic E-state index is 0.0699. The monoisotopic (exact) mass is 333 g/mol. The van der Waals surface area contributed by atoms with Crippen molar-refractivity contribution < 1.29 is 14.4 Å². The highest BCUT2D eigenvalue weighted by atomic mass is 16.7. The number of benzene rings is 1. The van der Waals surface area contributed by atoms with Crippen molar-refractivity contribution in [2.24, 2.45) is 11.8 Å². The standard InChI is InChI=1S/C18H27N3O3/c1-20(17-7-5-4-6-16(17)19-13-22)12-14-8-10-15(11-9-14)18(23)21(2)24-3/h4-7,13-15H,8-12H2,1-3H3,(H,19,22). The Bertz CT molecular complexity index is 556. The molecule has 1 aliphatic carbocycles. The Labute approximate surface area is 143 Å². The molecule has 0 radical (unpaired) electrons. The summed E-state index contributed by atoms with van der Waals surface area (Å²) in [5.41, 5.74) is 1.84. The summed E-state index contributed by atoms with van der Waals surface area (Å²) >= 11 is 0. The zero-order valence-electron chi connectivity index (χ0n) is 14.7. The van der Waals surface area contributed by atoms with Crippen LogP contribution in [0.5, 0.6) is 0 Å². The van der Waals surface area contributed by atoms with Crippen LogP contribution in [0.25, 0.3) is 0 Å². The summed E-state index contributed by atoms with van der Waals surface area (Å²) in [6.45, 7) is 0.915. The van der Waals surface area contributed by atoms with Gasteiger partial charge in [-0.3, -0.25) is 14.4 Å². The van der Waals surface area contributed by atoms with E-state index in [1.807, 2.05) is 31.3 Å². The zero-order valence-corrected chi connectivity index (χ0v) is 14.7. The molecule has 2 rings (SSSR count). The van der Waals surface area contributed by atoms with Gasteiger partial charge in [-0.05, 0) is 43.7 Å². The van der Waals surface area contributed by atoms with Gasteiger partial charge in [-0.25, -0.2) is 5.06 Å². The van der Waals surface area contributed by atoms with Crippen molar-refractivity contribution >= 4 is 23.7 Å². The first-order valence-corrected chi connectivity index (χ1v) is 8.38. The maximum absolute atomic E-state index is 12.1. The maximum Gasteiger partial charge on any atom is 0.248 e. The molecule has 0 aliphatic heterocycles. The van der Waals surface area contributed by atoms with Crippen LogP contribution in [0.15, 0.2) is 24.3 Å². The SMILES string of the molecule is CON(C)C(=O)C1CCC(CN(C)c2ccccc2NC=O)CC1. The molecule has 6 heteroatoms. The Balaban J connectivity index is 1.90. The fraction of sp³-hybridized carbons (Fsp3) is 0.556. The van der Waals surface area contributed by atoms with E-state index in [0.717, 1.165) is 43.6 Å². The first-order valence-electron chi connectivity index (χ1n) is 8.38. The number of carbonyl (C=O) groups excluding carboxylic acids is 2. The zero-order chi connectivity index (χ0) is 17.5. The van der Waals surface area contributed by atoms with Gasteiger partial charge < -0.3 is 10.2 Å². The molecule has 1 saturated carbocycles. The molecule has 1 fully saturated rings. The Hall–Kier alpha value is -2.08. The number of hydroxylamine groups is 2. The average Bonchev–Trinajstić information content (AvgIpc) is 2.61. The molecule has 6 nitrogen and oxygen atoms in total. The van der Waals surface area contributed by atoms with E-state index in [1.165, 1.54) is 12.2 Å². The van der Waals surface area contributed by atoms with E-state index in [1.54, 1.807) is 7.05 Å². The predicted molar refractivity (Wildman–Crippen MR) is 94.6 cm³/mol. The molecule has 0 heterocycles. The summed E-state index contributed by atoms with van der Waals surface area (Å²) in [6.07, 6.45) is 4.57. The van der Waals surface area contributed by atoms with Gasteiger partial charge in [0.15, 0.2) is 0 Å². The third-order valence-corrected chi connectivity index (χ3v) is 4.84. The molecular formula is C18H27N3O3. The van der Waals surface area contributed by atoms with Crippen LogP contribution in [0.4, 0.5) is 11.4 Å². The molecule has 24 heavy (non-hydrogen) atoms. The number of carbonyl (C=O) groups is 2. The van der Waals surface area contributed by atoms with Crippen LogP contribution in [-0.2, 0) is 14.4 Å². The highest BCUT2D eigenvalue weighted by Gasteiger charge is 2.29. The molecule has 1 aromatic carbocycles. The van der Waals surface area contributed by atoms with Crippen LogP contribution < -0.4 is 10.2 Å². The molecule has 1 aliphatic rings. The molecular weight excluding hydrogens is 306 g/mol. The smallest absolute Gasteiger partial charge is 0.248 e. The van der Waals surface area contributed by atoms with Crippen LogP contribution in [0, 0.1) is 11.8 Å². The normalized spacial score (nSPS) is 20.3. The molecule has 2 amide bonds. The largest absolute Gasteiger partial charge is 0.373 e. The van der Waals surface area contributed by atoms with Gasteiger partial charge in [0.2, 0.25) is 12.3 Å². The van der Waals surface area contributed by atoms with Gasteiger partial charge in [-0.15, -0.1) is 0 Å². The lowest BCUT2D eigenvalue weighted by Gasteiger charge is -2.33. The number of hydrogen-bond acceptors (Lipinski definition) is 4. The van der Waals surface area contributed by atoms with Gasteiger partial charge in [-0.1, -0.05) is 12.1 Å². The summed E-state index contributed by atoms with van der Waals surface area (Å²) in [4.78, 5) is 30.1. The highest BCUT2D eigenvalue weighted by Crippen LogP contribution is 2.32. The molecule has 0 atom stereocenters. The topological polar surface area (TPSA) is 61.9 Å². The Morgan fingerprint density at radius 1 is 1.25 bits per heavy atom. The first-order chi connectivity index (χ1) is 11.6. The third-order valence-electron chi connectivity index (χ3n) is 4.84. The molecule has 0 aromatic heterocycles. The second kappa shape index (κ2) is 8.68.